The zero-order valence-corrected chi connectivity index (χ0v) is 12.6. The third kappa shape index (κ3) is 2.77. The van der Waals surface area contributed by atoms with Gasteiger partial charge in [-0.2, -0.15) is 0 Å². The molecule has 0 spiro atoms. The SMILES string of the molecule is Cc1cccc(SCc2nc(NN)c3ccsc3n2)c1. The molecule has 6 heteroatoms. The molecule has 20 heavy (non-hydrogen) atoms. The molecule has 0 radical (unpaired) electrons. The second-order valence-corrected chi connectivity index (χ2v) is 6.32. The molecule has 0 bridgehead atoms. The van der Waals surface area contributed by atoms with E-state index in [-0.39, 0.29) is 0 Å². The van der Waals surface area contributed by atoms with Crippen molar-refractivity contribution in [3.05, 3.63) is 47.1 Å². The maximum atomic E-state index is 5.53. The Labute approximate surface area is 125 Å². The maximum absolute atomic E-state index is 5.53. The van der Waals surface area contributed by atoms with Crippen molar-refractivity contribution in [2.24, 2.45) is 5.84 Å². The number of thioether (sulfide) groups is 1. The highest BCUT2D eigenvalue weighted by molar-refractivity contribution is 7.98. The summed E-state index contributed by atoms with van der Waals surface area (Å²) in [7, 11) is 0. The second-order valence-electron chi connectivity index (χ2n) is 4.38. The van der Waals surface area contributed by atoms with Gasteiger partial charge in [0.1, 0.15) is 10.7 Å². The Kier molecular flexibility index (Phi) is 3.86. The summed E-state index contributed by atoms with van der Waals surface area (Å²) in [6.07, 6.45) is 0. The van der Waals surface area contributed by atoms with E-state index in [1.54, 1.807) is 23.1 Å². The van der Waals surface area contributed by atoms with Crippen molar-refractivity contribution in [3.8, 4) is 0 Å². The average molecular weight is 302 g/mol. The molecule has 4 nitrogen and oxygen atoms in total. The molecule has 2 aromatic heterocycles. The van der Waals surface area contributed by atoms with Crippen LogP contribution in [0.3, 0.4) is 0 Å². The Morgan fingerprint density at radius 3 is 3.00 bits per heavy atom. The fourth-order valence-electron chi connectivity index (χ4n) is 1.93. The molecule has 0 saturated carbocycles. The summed E-state index contributed by atoms with van der Waals surface area (Å²) in [5.41, 5.74) is 3.91. The molecule has 3 N–H and O–H groups in total. The van der Waals surface area contributed by atoms with E-state index in [9.17, 15) is 0 Å². The van der Waals surface area contributed by atoms with Gasteiger partial charge in [0.15, 0.2) is 5.82 Å². The minimum absolute atomic E-state index is 0.691. The monoisotopic (exact) mass is 302 g/mol. The van der Waals surface area contributed by atoms with Crippen molar-refractivity contribution in [2.75, 3.05) is 5.43 Å². The van der Waals surface area contributed by atoms with Crippen molar-refractivity contribution in [1.82, 2.24) is 9.97 Å². The van der Waals surface area contributed by atoms with Gasteiger partial charge in [0.2, 0.25) is 0 Å². The Bertz CT molecular complexity index is 739. The first-order valence-electron chi connectivity index (χ1n) is 6.16. The summed E-state index contributed by atoms with van der Waals surface area (Å²) < 4.78 is 0. The number of nitrogens with zero attached hydrogens (tertiary/aromatic N) is 2. The smallest absolute Gasteiger partial charge is 0.152 e. The zero-order chi connectivity index (χ0) is 13.9. The highest BCUT2D eigenvalue weighted by Crippen LogP contribution is 2.27. The topological polar surface area (TPSA) is 63.8 Å². The fourth-order valence-corrected chi connectivity index (χ4v) is 3.58. The van der Waals surface area contributed by atoms with E-state index >= 15 is 0 Å². The molecule has 0 amide bonds. The number of nitrogen functional groups attached to an aromatic ring is 1. The molecule has 1 aromatic carbocycles. The van der Waals surface area contributed by atoms with Crippen LogP contribution in [-0.4, -0.2) is 9.97 Å². The van der Waals surface area contributed by atoms with Gasteiger partial charge in [-0.25, -0.2) is 15.8 Å². The third-order valence-corrected chi connectivity index (χ3v) is 4.66. The molecule has 3 aromatic rings. The molecule has 3 rings (SSSR count). The Morgan fingerprint density at radius 2 is 2.20 bits per heavy atom. The van der Waals surface area contributed by atoms with Crippen LogP contribution < -0.4 is 11.3 Å². The van der Waals surface area contributed by atoms with E-state index in [2.05, 4.69) is 46.6 Å². The van der Waals surface area contributed by atoms with Crippen LogP contribution in [0.2, 0.25) is 0 Å². The van der Waals surface area contributed by atoms with Crippen molar-refractivity contribution in [3.63, 3.8) is 0 Å². The highest BCUT2D eigenvalue weighted by Gasteiger charge is 2.08. The lowest BCUT2D eigenvalue weighted by Gasteiger charge is -2.05. The number of thiophene rings is 1. The van der Waals surface area contributed by atoms with Crippen LogP contribution in [0, 0.1) is 6.92 Å². The number of hydrazine groups is 1. The van der Waals surface area contributed by atoms with Crippen LogP contribution in [0.5, 0.6) is 0 Å². The van der Waals surface area contributed by atoms with Gasteiger partial charge in [-0.15, -0.1) is 23.1 Å². The summed E-state index contributed by atoms with van der Waals surface area (Å²) in [5.74, 6) is 7.74. The number of anilines is 1. The summed E-state index contributed by atoms with van der Waals surface area (Å²) in [4.78, 5) is 11.2. The van der Waals surface area contributed by atoms with Gasteiger partial charge in [-0.05, 0) is 30.5 Å². The number of aromatic nitrogens is 2. The number of fused-ring (bicyclic) bond motifs is 1. The molecule has 0 unspecified atom stereocenters. The summed E-state index contributed by atoms with van der Waals surface area (Å²) in [6, 6.07) is 10.4. The van der Waals surface area contributed by atoms with Crippen LogP contribution in [0.1, 0.15) is 11.4 Å². The molecule has 0 aliphatic carbocycles. The van der Waals surface area contributed by atoms with E-state index in [0.29, 0.717) is 5.82 Å². The lowest BCUT2D eigenvalue weighted by Crippen LogP contribution is -2.10. The van der Waals surface area contributed by atoms with E-state index in [0.717, 1.165) is 21.8 Å². The standard InChI is InChI=1S/C14H14N4S2/c1-9-3-2-4-10(7-9)20-8-12-16-13(18-15)11-5-6-19-14(11)17-12/h2-7H,8,15H2,1H3,(H,16,17,18). The lowest BCUT2D eigenvalue weighted by atomic mass is 10.2. The predicted molar refractivity (Wildman–Crippen MR) is 86.0 cm³/mol. The van der Waals surface area contributed by atoms with Gasteiger partial charge < -0.3 is 5.43 Å². The van der Waals surface area contributed by atoms with E-state index < -0.39 is 0 Å². The number of nitrogens with one attached hydrogen (secondary N) is 1. The molecule has 0 aliphatic rings. The number of benzene rings is 1. The minimum Gasteiger partial charge on any atom is -0.308 e. The van der Waals surface area contributed by atoms with E-state index in [4.69, 9.17) is 5.84 Å². The van der Waals surface area contributed by atoms with Crippen LogP contribution in [0.4, 0.5) is 5.82 Å². The van der Waals surface area contributed by atoms with Gasteiger partial charge in [0.25, 0.3) is 0 Å². The van der Waals surface area contributed by atoms with Crippen molar-refractivity contribution in [2.45, 2.75) is 17.6 Å². The van der Waals surface area contributed by atoms with Crippen LogP contribution >= 0.6 is 23.1 Å². The Morgan fingerprint density at radius 1 is 1.30 bits per heavy atom. The highest BCUT2D eigenvalue weighted by atomic mass is 32.2. The van der Waals surface area contributed by atoms with Crippen LogP contribution in [0.15, 0.2) is 40.6 Å². The lowest BCUT2D eigenvalue weighted by molar-refractivity contribution is 1.06. The normalized spacial score (nSPS) is 10.9. The van der Waals surface area contributed by atoms with Crippen molar-refractivity contribution >= 4 is 39.1 Å². The minimum atomic E-state index is 0.691. The molecule has 2 heterocycles. The Balaban J connectivity index is 1.83. The average Bonchev–Trinajstić information content (AvgIpc) is 2.92. The molecule has 0 fully saturated rings. The molecular weight excluding hydrogens is 288 g/mol. The fraction of sp³-hybridized carbons (Fsp3) is 0.143. The number of nitrogens with two attached hydrogens (primary N) is 1. The van der Waals surface area contributed by atoms with Crippen LogP contribution in [0.25, 0.3) is 10.2 Å². The largest absolute Gasteiger partial charge is 0.308 e. The van der Waals surface area contributed by atoms with Gasteiger partial charge in [-0.1, -0.05) is 17.7 Å². The van der Waals surface area contributed by atoms with Crippen molar-refractivity contribution in [1.29, 1.82) is 0 Å². The van der Waals surface area contributed by atoms with E-state index in [1.165, 1.54) is 10.5 Å². The number of aryl methyl sites for hydroxylation is 1. The van der Waals surface area contributed by atoms with Gasteiger partial charge in [0.05, 0.1) is 11.1 Å². The molecule has 0 aliphatic heterocycles. The third-order valence-electron chi connectivity index (χ3n) is 2.87. The summed E-state index contributed by atoms with van der Waals surface area (Å²) in [6.45, 7) is 2.09. The van der Waals surface area contributed by atoms with Crippen LogP contribution in [-0.2, 0) is 5.75 Å². The number of hydrogen-bond acceptors (Lipinski definition) is 6. The summed E-state index contributed by atoms with van der Waals surface area (Å²) >= 11 is 3.33. The van der Waals surface area contributed by atoms with Gasteiger partial charge in [0, 0.05) is 4.90 Å². The quantitative estimate of drug-likeness (QED) is 0.438. The second kappa shape index (κ2) is 5.78. The molecule has 0 saturated heterocycles. The maximum Gasteiger partial charge on any atom is 0.152 e. The van der Waals surface area contributed by atoms with Crippen molar-refractivity contribution < 1.29 is 0 Å². The first-order chi connectivity index (χ1) is 9.76. The Hall–Kier alpha value is -1.63. The first kappa shape index (κ1) is 13.4. The molecule has 102 valence electrons. The first-order valence-corrected chi connectivity index (χ1v) is 8.03. The summed E-state index contributed by atoms with van der Waals surface area (Å²) in [5, 5.41) is 2.97. The van der Waals surface area contributed by atoms with E-state index in [1.807, 2.05) is 11.4 Å². The van der Waals surface area contributed by atoms with Gasteiger partial charge >= 0.3 is 0 Å². The zero-order valence-electron chi connectivity index (χ0n) is 11.0. The predicted octanol–water partition coefficient (Wildman–Crippen LogP) is 3.58. The number of hydrogen-bond donors (Lipinski definition) is 2. The molecular formula is C14H14N4S2. The number of rotatable bonds is 4. The van der Waals surface area contributed by atoms with Gasteiger partial charge in [-0.3, -0.25) is 0 Å². The molecule has 0 atom stereocenters.